The lowest BCUT2D eigenvalue weighted by Crippen LogP contribution is -1.94. The van der Waals surface area contributed by atoms with Gasteiger partial charge in [0.1, 0.15) is 5.82 Å². The summed E-state index contributed by atoms with van der Waals surface area (Å²) in [6.07, 6.45) is 5.86. The number of rotatable bonds is 3. The molecule has 5 heteroatoms. The van der Waals surface area contributed by atoms with Gasteiger partial charge in [-0.2, -0.15) is 0 Å². The average molecular weight is 269 g/mol. The van der Waals surface area contributed by atoms with E-state index < -0.39 is 6.10 Å². The van der Waals surface area contributed by atoms with Crippen molar-refractivity contribution in [3.8, 4) is 0 Å². The molecule has 0 saturated carbocycles. The largest absolute Gasteiger partial charge is 0.384 e. The lowest BCUT2D eigenvalue weighted by Gasteiger charge is -2.08. The summed E-state index contributed by atoms with van der Waals surface area (Å²) in [5.74, 6) is 0.675. The number of benzene rings is 1. The molecular formula is C12H10Cl2N2O. The Kier molecular flexibility index (Phi) is 3.84. The van der Waals surface area contributed by atoms with Gasteiger partial charge in [-0.3, -0.25) is 0 Å². The van der Waals surface area contributed by atoms with Crippen LogP contribution in [0.4, 0.5) is 0 Å². The minimum atomic E-state index is -0.787. The summed E-state index contributed by atoms with van der Waals surface area (Å²) in [5, 5.41) is 10.9. The molecule has 0 spiro atoms. The lowest BCUT2D eigenvalue weighted by molar-refractivity contribution is 0.229. The van der Waals surface area contributed by atoms with Crippen LogP contribution in [0.1, 0.15) is 17.5 Å². The fourth-order valence-corrected chi connectivity index (χ4v) is 1.92. The SMILES string of the molecule is OC(C=Cc1ncc[nH]1)c1ccc(Cl)cc1Cl. The standard InChI is InChI=1S/C12H10Cl2N2O/c13-8-1-2-9(10(14)7-8)11(17)3-4-12-15-5-6-16-12/h1-7,11,17H,(H,15,16). The second-order valence-corrected chi connectivity index (χ2v) is 4.29. The van der Waals surface area contributed by atoms with E-state index in [1.807, 2.05) is 0 Å². The Morgan fingerprint density at radius 2 is 2.18 bits per heavy atom. The first kappa shape index (κ1) is 12.2. The molecule has 2 aromatic rings. The van der Waals surface area contributed by atoms with Gasteiger partial charge >= 0.3 is 0 Å². The van der Waals surface area contributed by atoms with E-state index in [4.69, 9.17) is 23.2 Å². The van der Waals surface area contributed by atoms with Crippen LogP contribution < -0.4 is 0 Å². The highest BCUT2D eigenvalue weighted by molar-refractivity contribution is 6.35. The fraction of sp³-hybridized carbons (Fsp3) is 0.0833. The van der Waals surface area contributed by atoms with Crippen molar-refractivity contribution in [2.24, 2.45) is 0 Å². The highest BCUT2D eigenvalue weighted by atomic mass is 35.5. The van der Waals surface area contributed by atoms with E-state index in [0.717, 1.165) is 0 Å². The molecule has 1 aromatic carbocycles. The normalized spacial score (nSPS) is 13.1. The van der Waals surface area contributed by atoms with Gasteiger partial charge in [0, 0.05) is 28.0 Å². The minimum Gasteiger partial charge on any atom is -0.384 e. The van der Waals surface area contributed by atoms with Crippen LogP contribution in [0.5, 0.6) is 0 Å². The van der Waals surface area contributed by atoms with Gasteiger partial charge in [0.15, 0.2) is 0 Å². The monoisotopic (exact) mass is 268 g/mol. The van der Waals surface area contributed by atoms with Crippen LogP contribution in [0.25, 0.3) is 6.08 Å². The van der Waals surface area contributed by atoms with E-state index in [1.165, 1.54) is 0 Å². The molecular weight excluding hydrogens is 259 g/mol. The van der Waals surface area contributed by atoms with Gasteiger partial charge in [-0.1, -0.05) is 29.3 Å². The molecule has 1 atom stereocenters. The predicted molar refractivity (Wildman–Crippen MR) is 69.0 cm³/mol. The average Bonchev–Trinajstić information content (AvgIpc) is 2.78. The van der Waals surface area contributed by atoms with Gasteiger partial charge in [0.2, 0.25) is 0 Å². The number of nitrogens with zero attached hydrogens (tertiary/aromatic N) is 1. The number of aromatic nitrogens is 2. The van der Waals surface area contributed by atoms with Gasteiger partial charge in [-0.05, 0) is 24.3 Å². The molecule has 17 heavy (non-hydrogen) atoms. The van der Waals surface area contributed by atoms with Gasteiger partial charge in [0.05, 0.1) is 6.10 Å². The Morgan fingerprint density at radius 3 is 2.82 bits per heavy atom. The zero-order valence-corrected chi connectivity index (χ0v) is 10.3. The maximum Gasteiger partial charge on any atom is 0.129 e. The summed E-state index contributed by atoms with van der Waals surface area (Å²) in [7, 11) is 0. The Morgan fingerprint density at radius 1 is 1.35 bits per heavy atom. The van der Waals surface area contributed by atoms with Crippen molar-refractivity contribution in [2.45, 2.75) is 6.10 Å². The van der Waals surface area contributed by atoms with Crippen molar-refractivity contribution in [3.05, 3.63) is 58.1 Å². The maximum atomic E-state index is 9.94. The van der Waals surface area contributed by atoms with Crippen molar-refractivity contribution >= 4 is 29.3 Å². The summed E-state index contributed by atoms with van der Waals surface area (Å²) in [6, 6.07) is 4.98. The summed E-state index contributed by atoms with van der Waals surface area (Å²) in [6.45, 7) is 0. The number of halogens is 2. The number of H-pyrrole nitrogens is 1. The van der Waals surface area contributed by atoms with Crippen LogP contribution in [0.15, 0.2) is 36.7 Å². The van der Waals surface area contributed by atoms with E-state index in [1.54, 1.807) is 42.7 Å². The molecule has 1 unspecified atom stereocenters. The zero-order chi connectivity index (χ0) is 12.3. The van der Waals surface area contributed by atoms with E-state index in [9.17, 15) is 5.11 Å². The van der Waals surface area contributed by atoms with Crippen molar-refractivity contribution in [1.82, 2.24) is 9.97 Å². The molecule has 0 fully saturated rings. The van der Waals surface area contributed by atoms with Gasteiger partial charge in [-0.25, -0.2) is 4.98 Å². The molecule has 0 aliphatic heterocycles. The van der Waals surface area contributed by atoms with Crippen LogP contribution in [-0.4, -0.2) is 15.1 Å². The van der Waals surface area contributed by atoms with E-state index >= 15 is 0 Å². The van der Waals surface area contributed by atoms with Crippen LogP contribution in [0, 0.1) is 0 Å². The third kappa shape index (κ3) is 3.09. The van der Waals surface area contributed by atoms with E-state index in [0.29, 0.717) is 21.4 Å². The first-order valence-corrected chi connectivity index (χ1v) is 5.73. The molecule has 2 N–H and O–H groups in total. The van der Waals surface area contributed by atoms with Crippen LogP contribution >= 0.6 is 23.2 Å². The molecule has 1 aromatic heterocycles. The second kappa shape index (κ2) is 5.36. The summed E-state index contributed by atoms with van der Waals surface area (Å²) >= 11 is 11.8. The number of aliphatic hydroxyl groups excluding tert-OH is 1. The van der Waals surface area contributed by atoms with Crippen molar-refractivity contribution < 1.29 is 5.11 Å². The molecule has 0 aliphatic carbocycles. The first-order valence-electron chi connectivity index (χ1n) is 4.97. The molecule has 0 radical (unpaired) electrons. The molecule has 1 heterocycles. The smallest absolute Gasteiger partial charge is 0.129 e. The van der Waals surface area contributed by atoms with Gasteiger partial charge in [-0.15, -0.1) is 0 Å². The Hall–Kier alpha value is -1.29. The number of aliphatic hydroxyl groups is 1. The van der Waals surface area contributed by atoms with Crippen molar-refractivity contribution in [1.29, 1.82) is 0 Å². The Balaban J connectivity index is 2.17. The highest BCUT2D eigenvalue weighted by Crippen LogP contribution is 2.27. The fourth-order valence-electron chi connectivity index (χ4n) is 1.40. The first-order chi connectivity index (χ1) is 8.16. The summed E-state index contributed by atoms with van der Waals surface area (Å²) in [5.41, 5.74) is 0.610. The lowest BCUT2D eigenvalue weighted by atomic mass is 10.1. The number of hydrogen-bond donors (Lipinski definition) is 2. The van der Waals surface area contributed by atoms with Gasteiger partial charge in [0.25, 0.3) is 0 Å². The molecule has 3 nitrogen and oxygen atoms in total. The van der Waals surface area contributed by atoms with E-state index in [2.05, 4.69) is 9.97 Å². The maximum absolute atomic E-state index is 9.94. The molecule has 2 rings (SSSR count). The zero-order valence-electron chi connectivity index (χ0n) is 8.77. The van der Waals surface area contributed by atoms with Crippen molar-refractivity contribution in [3.63, 3.8) is 0 Å². The Bertz CT molecular complexity index is 523. The van der Waals surface area contributed by atoms with E-state index in [-0.39, 0.29) is 0 Å². The van der Waals surface area contributed by atoms with Crippen molar-refractivity contribution in [2.75, 3.05) is 0 Å². The summed E-state index contributed by atoms with van der Waals surface area (Å²) < 4.78 is 0. The van der Waals surface area contributed by atoms with Crippen LogP contribution in [0.2, 0.25) is 10.0 Å². The summed E-state index contributed by atoms with van der Waals surface area (Å²) in [4.78, 5) is 6.92. The molecule has 0 amide bonds. The number of hydrogen-bond acceptors (Lipinski definition) is 2. The number of imidazole rings is 1. The molecule has 0 bridgehead atoms. The molecule has 0 aliphatic rings. The van der Waals surface area contributed by atoms with Gasteiger partial charge < -0.3 is 10.1 Å². The molecule has 0 saturated heterocycles. The number of nitrogens with one attached hydrogen (secondary N) is 1. The molecule has 88 valence electrons. The quantitative estimate of drug-likeness (QED) is 0.896. The van der Waals surface area contributed by atoms with Crippen LogP contribution in [0.3, 0.4) is 0 Å². The third-order valence-electron chi connectivity index (χ3n) is 2.24. The van der Waals surface area contributed by atoms with Crippen LogP contribution in [-0.2, 0) is 0 Å². The highest BCUT2D eigenvalue weighted by Gasteiger charge is 2.08. The predicted octanol–water partition coefficient (Wildman–Crippen LogP) is 3.46. The number of aromatic amines is 1. The topological polar surface area (TPSA) is 48.9 Å². The minimum absolute atomic E-state index is 0.439. The third-order valence-corrected chi connectivity index (χ3v) is 2.80. The second-order valence-electron chi connectivity index (χ2n) is 3.44. The Labute approximate surface area is 109 Å².